The summed E-state index contributed by atoms with van der Waals surface area (Å²) in [5.74, 6) is 0. The Kier molecular flexibility index (Phi) is 4.15. The molecule has 3 nitrogen and oxygen atoms in total. The zero-order valence-electron chi connectivity index (χ0n) is 14.3. The largest absolute Gasteiger partial charge is 0.387 e. The van der Waals surface area contributed by atoms with Crippen molar-refractivity contribution in [2.45, 2.75) is 26.4 Å². The maximum Gasteiger partial charge on any atom is 0.137 e. The lowest BCUT2D eigenvalue weighted by molar-refractivity contribution is 0.181. The fraction of sp³-hybridized carbons (Fsp3) is 0.190. The number of thiophene rings is 1. The molecule has 0 aliphatic carbocycles. The predicted molar refractivity (Wildman–Crippen MR) is 103 cm³/mol. The Bertz CT molecular complexity index is 1000. The van der Waals surface area contributed by atoms with Crippen molar-refractivity contribution in [1.82, 2.24) is 9.38 Å². The van der Waals surface area contributed by atoms with Gasteiger partial charge >= 0.3 is 0 Å². The van der Waals surface area contributed by atoms with Crippen LogP contribution < -0.4 is 0 Å². The standard InChI is InChI=1S/C21H20N2OS/c1-14-5-8-16(9-6-14)21-17(12-18(24)19-4-3-11-25-19)23-13-15(2)7-10-20(23)22-21/h3-11,13,18,24H,12H2,1-2H3/t18-/m0/s1. The minimum atomic E-state index is -0.524. The SMILES string of the molecule is Cc1ccc(-c2nc3ccc(C)cn3c2C[C@H](O)c2cccs2)cc1. The third-order valence-corrected chi connectivity index (χ3v) is 5.42. The van der Waals surface area contributed by atoms with Crippen molar-refractivity contribution in [2.24, 2.45) is 0 Å². The van der Waals surface area contributed by atoms with E-state index in [-0.39, 0.29) is 0 Å². The Balaban J connectivity index is 1.85. The van der Waals surface area contributed by atoms with E-state index in [0.29, 0.717) is 6.42 Å². The van der Waals surface area contributed by atoms with E-state index in [2.05, 4.69) is 54.8 Å². The maximum absolute atomic E-state index is 10.7. The Morgan fingerprint density at radius 1 is 1.04 bits per heavy atom. The van der Waals surface area contributed by atoms with Gasteiger partial charge in [0, 0.05) is 23.1 Å². The van der Waals surface area contributed by atoms with Crippen molar-refractivity contribution in [3.05, 3.63) is 81.8 Å². The summed E-state index contributed by atoms with van der Waals surface area (Å²) in [5.41, 5.74) is 6.38. The number of fused-ring (bicyclic) bond motifs is 1. The fourth-order valence-electron chi connectivity index (χ4n) is 3.10. The molecule has 1 atom stereocenters. The second kappa shape index (κ2) is 6.47. The summed E-state index contributed by atoms with van der Waals surface area (Å²) in [4.78, 5) is 5.83. The average Bonchev–Trinajstić information content (AvgIpc) is 3.24. The Morgan fingerprint density at radius 2 is 1.80 bits per heavy atom. The van der Waals surface area contributed by atoms with Crippen LogP contribution in [0.5, 0.6) is 0 Å². The fourth-order valence-corrected chi connectivity index (χ4v) is 3.81. The Morgan fingerprint density at radius 3 is 2.52 bits per heavy atom. The number of aromatic nitrogens is 2. The smallest absolute Gasteiger partial charge is 0.137 e. The van der Waals surface area contributed by atoms with Gasteiger partial charge in [0.2, 0.25) is 0 Å². The molecule has 4 rings (SSSR count). The van der Waals surface area contributed by atoms with E-state index in [9.17, 15) is 5.11 Å². The quantitative estimate of drug-likeness (QED) is 0.566. The highest BCUT2D eigenvalue weighted by atomic mass is 32.1. The molecule has 0 fully saturated rings. The second-order valence-corrected chi connectivity index (χ2v) is 7.42. The number of imidazole rings is 1. The monoisotopic (exact) mass is 348 g/mol. The summed E-state index contributed by atoms with van der Waals surface area (Å²) in [6.45, 7) is 4.16. The summed E-state index contributed by atoms with van der Waals surface area (Å²) in [6.07, 6.45) is 2.11. The Hall–Kier alpha value is -2.43. The molecule has 25 heavy (non-hydrogen) atoms. The molecule has 0 saturated heterocycles. The van der Waals surface area contributed by atoms with Gasteiger partial charge in [-0.1, -0.05) is 42.0 Å². The van der Waals surface area contributed by atoms with Crippen LogP contribution in [0.2, 0.25) is 0 Å². The van der Waals surface area contributed by atoms with Crippen molar-refractivity contribution >= 4 is 17.0 Å². The molecule has 0 aliphatic heterocycles. The highest BCUT2D eigenvalue weighted by molar-refractivity contribution is 7.10. The van der Waals surface area contributed by atoms with Gasteiger partial charge < -0.3 is 9.51 Å². The third-order valence-electron chi connectivity index (χ3n) is 4.45. The van der Waals surface area contributed by atoms with Gasteiger partial charge in [-0.25, -0.2) is 4.98 Å². The molecule has 3 heterocycles. The average molecular weight is 348 g/mol. The number of rotatable bonds is 4. The number of benzene rings is 1. The first kappa shape index (κ1) is 16.1. The first-order chi connectivity index (χ1) is 12.1. The molecule has 4 aromatic rings. The predicted octanol–water partition coefficient (Wildman–Crippen LogP) is 4.96. The van der Waals surface area contributed by atoms with Crippen molar-refractivity contribution < 1.29 is 5.11 Å². The van der Waals surface area contributed by atoms with Crippen LogP contribution in [0.1, 0.15) is 27.8 Å². The molecule has 0 unspecified atom stereocenters. The summed E-state index contributed by atoms with van der Waals surface area (Å²) in [7, 11) is 0. The van der Waals surface area contributed by atoms with Gasteiger partial charge in [0.1, 0.15) is 5.65 Å². The lowest BCUT2D eigenvalue weighted by Crippen LogP contribution is -2.04. The van der Waals surface area contributed by atoms with E-state index in [0.717, 1.165) is 27.5 Å². The number of hydrogen-bond donors (Lipinski definition) is 1. The van der Waals surface area contributed by atoms with Crippen molar-refractivity contribution in [3.63, 3.8) is 0 Å². The molecule has 126 valence electrons. The summed E-state index contributed by atoms with van der Waals surface area (Å²) in [5, 5.41) is 12.7. The number of nitrogens with zero attached hydrogens (tertiary/aromatic N) is 2. The maximum atomic E-state index is 10.7. The first-order valence-electron chi connectivity index (χ1n) is 8.38. The molecular formula is C21H20N2OS. The molecule has 0 spiro atoms. The van der Waals surface area contributed by atoms with Crippen molar-refractivity contribution in [1.29, 1.82) is 0 Å². The van der Waals surface area contributed by atoms with Gasteiger partial charge in [-0.15, -0.1) is 11.3 Å². The molecule has 1 N–H and O–H groups in total. The highest BCUT2D eigenvalue weighted by Crippen LogP contribution is 2.30. The van der Waals surface area contributed by atoms with Gasteiger partial charge in [0.15, 0.2) is 0 Å². The molecule has 0 aliphatic rings. The lowest BCUT2D eigenvalue weighted by atomic mass is 10.0. The molecule has 4 heteroatoms. The van der Waals surface area contributed by atoms with Gasteiger partial charge in [-0.3, -0.25) is 0 Å². The van der Waals surface area contributed by atoms with Gasteiger partial charge in [-0.05, 0) is 36.9 Å². The van der Waals surface area contributed by atoms with Crippen LogP contribution in [-0.2, 0) is 6.42 Å². The van der Waals surface area contributed by atoms with Gasteiger partial charge in [-0.2, -0.15) is 0 Å². The topological polar surface area (TPSA) is 37.5 Å². The van der Waals surface area contributed by atoms with Crippen LogP contribution in [0.15, 0.2) is 60.1 Å². The van der Waals surface area contributed by atoms with E-state index < -0.39 is 6.10 Å². The van der Waals surface area contributed by atoms with Gasteiger partial charge in [0.05, 0.1) is 17.5 Å². The van der Waals surface area contributed by atoms with Crippen molar-refractivity contribution in [2.75, 3.05) is 0 Å². The number of aliphatic hydroxyl groups is 1. The zero-order valence-corrected chi connectivity index (χ0v) is 15.1. The number of hydrogen-bond acceptors (Lipinski definition) is 3. The lowest BCUT2D eigenvalue weighted by Gasteiger charge is -2.11. The number of pyridine rings is 1. The van der Waals surface area contributed by atoms with E-state index in [1.165, 1.54) is 11.1 Å². The molecule has 0 radical (unpaired) electrons. The molecule has 0 bridgehead atoms. The molecular weight excluding hydrogens is 328 g/mol. The third kappa shape index (κ3) is 3.11. The van der Waals surface area contributed by atoms with Crippen LogP contribution in [-0.4, -0.2) is 14.5 Å². The van der Waals surface area contributed by atoms with Gasteiger partial charge in [0.25, 0.3) is 0 Å². The van der Waals surface area contributed by atoms with E-state index in [4.69, 9.17) is 4.98 Å². The summed E-state index contributed by atoms with van der Waals surface area (Å²) >= 11 is 1.59. The molecule has 0 saturated carbocycles. The Labute approximate surface area is 151 Å². The second-order valence-electron chi connectivity index (χ2n) is 6.44. The van der Waals surface area contributed by atoms with E-state index in [1.807, 2.05) is 23.6 Å². The zero-order chi connectivity index (χ0) is 17.4. The number of aryl methyl sites for hydroxylation is 2. The van der Waals surface area contributed by atoms with E-state index in [1.54, 1.807) is 11.3 Å². The van der Waals surface area contributed by atoms with E-state index >= 15 is 0 Å². The normalized spacial score (nSPS) is 12.6. The minimum absolute atomic E-state index is 0.524. The van der Waals surface area contributed by atoms with Crippen LogP contribution >= 0.6 is 11.3 Å². The molecule has 1 aromatic carbocycles. The summed E-state index contributed by atoms with van der Waals surface area (Å²) in [6, 6.07) is 16.5. The highest BCUT2D eigenvalue weighted by Gasteiger charge is 2.19. The molecule has 3 aromatic heterocycles. The van der Waals surface area contributed by atoms with Crippen LogP contribution in [0.25, 0.3) is 16.9 Å². The summed E-state index contributed by atoms with van der Waals surface area (Å²) < 4.78 is 2.11. The van der Waals surface area contributed by atoms with Crippen LogP contribution in [0, 0.1) is 13.8 Å². The van der Waals surface area contributed by atoms with Crippen molar-refractivity contribution in [3.8, 4) is 11.3 Å². The van der Waals surface area contributed by atoms with Crippen LogP contribution in [0.3, 0.4) is 0 Å². The number of aliphatic hydroxyl groups excluding tert-OH is 1. The first-order valence-corrected chi connectivity index (χ1v) is 9.26. The molecule has 0 amide bonds. The van der Waals surface area contributed by atoms with Crippen LogP contribution in [0.4, 0.5) is 0 Å². The minimum Gasteiger partial charge on any atom is -0.387 e.